The van der Waals surface area contributed by atoms with Crippen LogP contribution in [0.4, 0.5) is 0 Å². The van der Waals surface area contributed by atoms with E-state index in [4.69, 9.17) is 4.74 Å². The molecule has 1 aromatic heterocycles. The van der Waals surface area contributed by atoms with Crippen molar-refractivity contribution in [2.45, 2.75) is 25.0 Å². The summed E-state index contributed by atoms with van der Waals surface area (Å²) in [7, 11) is 0. The highest BCUT2D eigenvalue weighted by molar-refractivity contribution is 5.08. The Morgan fingerprint density at radius 3 is 2.87 bits per heavy atom. The van der Waals surface area contributed by atoms with Crippen molar-refractivity contribution >= 4 is 0 Å². The zero-order valence-electron chi connectivity index (χ0n) is 8.35. The van der Waals surface area contributed by atoms with Gasteiger partial charge in [-0.2, -0.15) is 0 Å². The van der Waals surface area contributed by atoms with Crippen LogP contribution in [0.25, 0.3) is 0 Å². The normalized spacial score (nSPS) is 21.1. The first-order chi connectivity index (χ1) is 7.34. The van der Waals surface area contributed by atoms with Crippen molar-refractivity contribution in [1.82, 2.24) is 14.9 Å². The average Bonchev–Trinajstić information content (AvgIpc) is 2.97. The lowest BCUT2D eigenvalue weighted by Crippen LogP contribution is -2.51. The number of aromatic nitrogens is 2. The van der Waals surface area contributed by atoms with Crippen LogP contribution in [0, 0.1) is 0 Å². The van der Waals surface area contributed by atoms with Gasteiger partial charge in [-0.25, -0.2) is 4.98 Å². The summed E-state index contributed by atoms with van der Waals surface area (Å²) >= 11 is 0. The molecule has 5 heteroatoms. The standard InChI is InChI=1S/C10H13N3O2/c14-10-9(15-8-5-11-6-8)12-3-4-13(10)7-1-2-7/h3-4,7-8,11H,1-2,5-6H2. The van der Waals surface area contributed by atoms with Gasteiger partial charge in [-0.15, -0.1) is 0 Å². The van der Waals surface area contributed by atoms with Crippen LogP contribution in [0.5, 0.6) is 5.88 Å². The summed E-state index contributed by atoms with van der Waals surface area (Å²) in [6, 6.07) is 0.377. The van der Waals surface area contributed by atoms with Crippen LogP contribution in [0.2, 0.25) is 0 Å². The highest BCUT2D eigenvalue weighted by Crippen LogP contribution is 2.33. The van der Waals surface area contributed by atoms with E-state index in [-0.39, 0.29) is 17.5 Å². The first-order valence-electron chi connectivity index (χ1n) is 5.29. The Hall–Kier alpha value is -1.36. The largest absolute Gasteiger partial charge is 0.468 e. The van der Waals surface area contributed by atoms with Gasteiger partial charge in [0.2, 0.25) is 0 Å². The molecule has 80 valence electrons. The van der Waals surface area contributed by atoms with Gasteiger partial charge >= 0.3 is 5.56 Å². The van der Waals surface area contributed by atoms with Crippen LogP contribution in [0.3, 0.4) is 0 Å². The van der Waals surface area contributed by atoms with E-state index in [0.29, 0.717) is 6.04 Å². The monoisotopic (exact) mass is 207 g/mol. The first-order valence-corrected chi connectivity index (χ1v) is 5.29. The van der Waals surface area contributed by atoms with Gasteiger partial charge in [-0.05, 0) is 12.8 Å². The van der Waals surface area contributed by atoms with Crippen LogP contribution >= 0.6 is 0 Å². The Balaban J connectivity index is 1.86. The zero-order valence-corrected chi connectivity index (χ0v) is 8.35. The minimum Gasteiger partial charge on any atom is -0.468 e. The zero-order chi connectivity index (χ0) is 10.3. The number of nitrogens with zero attached hydrogens (tertiary/aromatic N) is 2. The predicted molar refractivity (Wildman–Crippen MR) is 54.1 cm³/mol. The van der Waals surface area contributed by atoms with Crippen LogP contribution in [-0.4, -0.2) is 28.7 Å². The number of ether oxygens (including phenoxy) is 1. The third kappa shape index (κ3) is 1.63. The van der Waals surface area contributed by atoms with Gasteiger partial charge in [0, 0.05) is 31.5 Å². The molecule has 1 saturated carbocycles. The molecule has 1 saturated heterocycles. The minimum absolute atomic E-state index is 0.0908. The van der Waals surface area contributed by atoms with Crippen molar-refractivity contribution in [3.05, 3.63) is 22.7 Å². The molecule has 15 heavy (non-hydrogen) atoms. The first kappa shape index (κ1) is 8.91. The molecule has 1 aliphatic carbocycles. The Kier molecular flexibility index (Phi) is 1.98. The highest BCUT2D eigenvalue weighted by atomic mass is 16.5. The summed E-state index contributed by atoms with van der Waals surface area (Å²) in [5, 5.41) is 3.09. The molecular formula is C10H13N3O2. The van der Waals surface area contributed by atoms with Crippen molar-refractivity contribution in [2.75, 3.05) is 13.1 Å². The van der Waals surface area contributed by atoms with E-state index in [1.54, 1.807) is 17.0 Å². The molecule has 2 fully saturated rings. The molecule has 5 nitrogen and oxygen atoms in total. The third-order valence-electron chi connectivity index (χ3n) is 2.80. The fraction of sp³-hybridized carbons (Fsp3) is 0.600. The molecule has 3 rings (SSSR count). The lowest BCUT2D eigenvalue weighted by molar-refractivity contribution is 0.133. The maximum absolute atomic E-state index is 11.9. The SMILES string of the molecule is O=c1c(OC2CNC2)nccn1C1CC1. The fourth-order valence-corrected chi connectivity index (χ4v) is 1.63. The molecule has 1 aliphatic heterocycles. The second kappa shape index (κ2) is 3.34. The van der Waals surface area contributed by atoms with Crippen LogP contribution in [0.1, 0.15) is 18.9 Å². The summed E-state index contributed by atoms with van der Waals surface area (Å²) in [6.07, 6.45) is 5.68. The second-order valence-electron chi connectivity index (χ2n) is 4.07. The summed E-state index contributed by atoms with van der Waals surface area (Å²) in [5.41, 5.74) is -0.0908. The van der Waals surface area contributed by atoms with E-state index in [1.165, 1.54) is 0 Å². The molecule has 0 radical (unpaired) electrons. The van der Waals surface area contributed by atoms with Crippen molar-refractivity contribution in [1.29, 1.82) is 0 Å². The van der Waals surface area contributed by atoms with E-state index in [2.05, 4.69) is 10.3 Å². The van der Waals surface area contributed by atoms with Crippen molar-refractivity contribution in [2.24, 2.45) is 0 Å². The molecule has 0 amide bonds. The van der Waals surface area contributed by atoms with E-state index < -0.39 is 0 Å². The smallest absolute Gasteiger partial charge is 0.313 e. The van der Waals surface area contributed by atoms with Gasteiger partial charge in [-0.1, -0.05) is 0 Å². The Morgan fingerprint density at radius 1 is 1.47 bits per heavy atom. The van der Waals surface area contributed by atoms with Gasteiger partial charge in [0.05, 0.1) is 0 Å². The molecule has 2 heterocycles. The summed E-state index contributed by atoms with van der Waals surface area (Å²) < 4.78 is 7.22. The Bertz CT molecular complexity index is 421. The molecule has 0 unspecified atom stereocenters. The number of hydrogen-bond acceptors (Lipinski definition) is 4. The second-order valence-corrected chi connectivity index (χ2v) is 4.07. The summed E-state index contributed by atoms with van der Waals surface area (Å²) in [4.78, 5) is 15.9. The number of nitrogens with one attached hydrogen (secondary N) is 1. The summed E-state index contributed by atoms with van der Waals surface area (Å²) in [5.74, 6) is 0.246. The maximum atomic E-state index is 11.9. The molecule has 2 aliphatic rings. The predicted octanol–water partition coefficient (Wildman–Crippen LogP) is -0.0712. The minimum atomic E-state index is -0.0908. The van der Waals surface area contributed by atoms with Gasteiger partial charge in [0.15, 0.2) is 0 Å². The third-order valence-corrected chi connectivity index (χ3v) is 2.80. The lowest BCUT2D eigenvalue weighted by atomic mass is 10.2. The van der Waals surface area contributed by atoms with Gasteiger partial charge in [-0.3, -0.25) is 4.79 Å². The van der Waals surface area contributed by atoms with Crippen molar-refractivity contribution in [3.63, 3.8) is 0 Å². The van der Waals surface area contributed by atoms with Gasteiger partial charge < -0.3 is 14.6 Å². The number of hydrogen-bond donors (Lipinski definition) is 1. The molecule has 1 aromatic rings. The summed E-state index contributed by atoms with van der Waals surface area (Å²) in [6.45, 7) is 1.61. The number of rotatable bonds is 3. The Morgan fingerprint density at radius 2 is 2.27 bits per heavy atom. The van der Waals surface area contributed by atoms with E-state index in [0.717, 1.165) is 25.9 Å². The quantitative estimate of drug-likeness (QED) is 0.753. The molecule has 0 atom stereocenters. The van der Waals surface area contributed by atoms with Crippen LogP contribution in [0.15, 0.2) is 17.2 Å². The molecule has 0 spiro atoms. The van der Waals surface area contributed by atoms with Crippen LogP contribution in [-0.2, 0) is 0 Å². The van der Waals surface area contributed by atoms with Crippen LogP contribution < -0.4 is 15.6 Å². The van der Waals surface area contributed by atoms with E-state index >= 15 is 0 Å². The van der Waals surface area contributed by atoms with E-state index in [9.17, 15) is 4.79 Å². The molecular weight excluding hydrogens is 194 g/mol. The molecule has 1 N–H and O–H groups in total. The van der Waals surface area contributed by atoms with Gasteiger partial charge in [0.25, 0.3) is 5.88 Å². The fourth-order valence-electron chi connectivity index (χ4n) is 1.63. The lowest BCUT2D eigenvalue weighted by Gasteiger charge is -2.26. The van der Waals surface area contributed by atoms with E-state index in [1.807, 2.05) is 0 Å². The topological polar surface area (TPSA) is 56.1 Å². The average molecular weight is 207 g/mol. The molecule has 0 bridgehead atoms. The van der Waals surface area contributed by atoms with Crippen molar-refractivity contribution in [3.8, 4) is 5.88 Å². The van der Waals surface area contributed by atoms with Gasteiger partial charge in [0.1, 0.15) is 6.10 Å². The van der Waals surface area contributed by atoms with Crippen molar-refractivity contribution < 1.29 is 4.74 Å². The highest BCUT2D eigenvalue weighted by Gasteiger charge is 2.27. The molecule has 0 aromatic carbocycles. The maximum Gasteiger partial charge on any atom is 0.313 e. The Labute approximate surface area is 87.1 Å².